The number of nitrogens with zero attached hydrogens (tertiary/aromatic N) is 2. The second kappa shape index (κ2) is 7.43. The van der Waals surface area contributed by atoms with E-state index in [0.29, 0.717) is 19.6 Å². The monoisotopic (exact) mass is 290 g/mol. The summed E-state index contributed by atoms with van der Waals surface area (Å²) in [5, 5.41) is 2.82. The first-order valence-corrected chi connectivity index (χ1v) is 7.62. The van der Waals surface area contributed by atoms with Crippen LogP contribution in [0.4, 0.5) is 5.69 Å². The van der Waals surface area contributed by atoms with Crippen LogP contribution in [-0.4, -0.2) is 56.6 Å². The van der Waals surface area contributed by atoms with Crippen molar-refractivity contribution in [2.45, 2.75) is 13.8 Å². The molecule has 1 aliphatic heterocycles. The Hall–Kier alpha value is -1.59. The van der Waals surface area contributed by atoms with Crippen LogP contribution < -0.4 is 16.0 Å². The van der Waals surface area contributed by atoms with Gasteiger partial charge in [0.05, 0.1) is 6.54 Å². The highest BCUT2D eigenvalue weighted by molar-refractivity contribution is 5.78. The average molecular weight is 290 g/mol. The van der Waals surface area contributed by atoms with Gasteiger partial charge >= 0.3 is 0 Å². The Kier molecular flexibility index (Phi) is 5.59. The number of anilines is 1. The molecule has 1 saturated heterocycles. The molecule has 0 bridgehead atoms. The van der Waals surface area contributed by atoms with Crippen molar-refractivity contribution >= 4 is 11.6 Å². The standard InChI is InChI=1S/C16H26N4O/c1-13-4-3-5-15(14(13)2)20-10-8-19(9-11-20)12-16(21)18-7-6-17/h3-5H,6-12,17H2,1-2H3,(H,18,21). The predicted molar refractivity (Wildman–Crippen MR) is 86.6 cm³/mol. The summed E-state index contributed by atoms with van der Waals surface area (Å²) in [4.78, 5) is 16.3. The van der Waals surface area contributed by atoms with Crippen molar-refractivity contribution in [1.82, 2.24) is 10.2 Å². The smallest absolute Gasteiger partial charge is 0.234 e. The number of amides is 1. The molecular formula is C16H26N4O. The fourth-order valence-electron chi connectivity index (χ4n) is 2.70. The van der Waals surface area contributed by atoms with Gasteiger partial charge in [-0.05, 0) is 31.0 Å². The predicted octanol–water partition coefficient (Wildman–Crippen LogP) is 0.500. The van der Waals surface area contributed by atoms with E-state index in [1.165, 1.54) is 16.8 Å². The lowest BCUT2D eigenvalue weighted by Crippen LogP contribution is -2.50. The van der Waals surface area contributed by atoms with Gasteiger partial charge in [0.2, 0.25) is 5.91 Å². The number of carbonyl (C=O) groups is 1. The van der Waals surface area contributed by atoms with Crippen LogP contribution in [0.1, 0.15) is 11.1 Å². The molecule has 3 N–H and O–H groups in total. The minimum Gasteiger partial charge on any atom is -0.369 e. The highest BCUT2D eigenvalue weighted by Gasteiger charge is 2.20. The Labute approximate surface area is 127 Å². The maximum Gasteiger partial charge on any atom is 0.234 e. The Bertz CT molecular complexity index is 481. The maximum absolute atomic E-state index is 11.7. The lowest BCUT2D eigenvalue weighted by Gasteiger charge is -2.36. The van der Waals surface area contributed by atoms with E-state index in [2.05, 4.69) is 47.2 Å². The average Bonchev–Trinajstić information content (AvgIpc) is 2.49. The van der Waals surface area contributed by atoms with Gasteiger partial charge in [0.15, 0.2) is 0 Å². The first-order chi connectivity index (χ1) is 10.1. The van der Waals surface area contributed by atoms with E-state index < -0.39 is 0 Å². The van der Waals surface area contributed by atoms with Crippen LogP contribution in [0, 0.1) is 13.8 Å². The third-order valence-corrected chi connectivity index (χ3v) is 4.12. The van der Waals surface area contributed by atoms with Crippen LogP contribution in [-0.2, 0) is 4.79 Å². The SMILES string of the molecule is Cc1cccc(N2CCN(CC(=O)NCCN)CC2)c1C. The number of rotatable bonds is 5. The zero-order chi connectivity index (χ0) is 15.2. The molecule has 5 nitrogen and oxygen atoms in total. The summed E-state index contributed by atoms with van der Waals surface area (Å²) in [6.07, 6.45) is 0. The molecule has 0 spiro atoms. The number of nitrogens with one attached hydrogen (secondary N) is 1. The zero-order valence-corrected chi connectivity index (χ0v) is 13.1. The summed E-state index contributed by atoms with van der Waals surface area (Å²) in [6, 6.07) is 6.45. The van der Waals surface area contributed by atoms with Gasteiger partial charge in [0.25, 0.3) is 0 Å². The number of benzene rings is 1. The van der Waals surface area contributed by atoms with Crippen molar-refractivity contribution < 1.29 is 4.79 Å². The normalized spacial score (nSPS) is 16.0. The number of piperazine rings is 1. The fourth-order valence-corrected chi connectivity index (χ4v) is 2.70. The topological polar surface area (TPSA) is 61.6 Å². The summed E-state index contributed by atoms with van der Waals surface area (Å²) in [7, 11) is 0. The van der Waals surface area contributed by atoms with Crippen molar-refractivity contribution in [3.8, 4) is 0 Å². The van der Waals surface area contributed by atoms with Crippen molar-refractivity contribution in [2.24, 2.45) is 5.73 Å². The van der Waals surface area contributed by atoms with Crippen LogP contribution in [0.2, 0.25) is 0 Å². The summed E-state index contributed by atoms with van der Waals surface area (Å²) < 4.78 is 0. The van der Waals surface area contributed by atoms with E-state index in [9.17, 15) is 4.79 Å². The third-order valence-electron chi connectivity index (χ3n) is 4.12. The molecule has 1 heterocycles. The Balaban J connectivity index is 1.86. The van der Waals surface area contributed by atoms with Crippen LogP contribution in [0.15, 0.2) is 18.2 Å². The molecule has 0 unspecified atom stereocenters. The highest BCUT2D eigenvalue weighted by atomic mass is 16.2. The molecule has 0 saturated carbocycles. The second-order valence-corrected chi connectivity index (χ2v) is 5.62. The summed E-state index contributed by atoms with van der Waals surface area (Å²) in [5.74, 6) is 0.0700. The molecule has 0 atom stereocenters. The molecule has 1 fully saturated rings. The number of nitrogens with two attached hydrogens (primary N) is 1. The summed E-state index contributed by atoms with van der Waals surface area (Å²) in [5.41, 5.74) is 9.39. The van der Waals surface area contributed by atoms with Crippen LogP contribution in [0.3, 0.4) is 0 Å². The molecule has 5 heteroatoms. The molecule has 1 amide bonds. The molecule has 21 heavy (non-hydrogen) atoms. The molecule has 2 rings (SSSR count). The van der Waals surface area contributed by atoms with Crippen LogP contribution >= 0.6 is 0 Å². The minimum atomic E-state index is 0.0700. The van der Waals surface area contributed by atoms with Crippen molar-refractivity contribution in [1.29, 1.82) is 0 Å². The molecule has 1 aliphatic rings. The fraction of sp³-hybridized carbons (Fsp3) is 0.562. The molecule has 1 aromatic carbocycles. The third kappa shape index (κ3) is 4.19. The first kappa shape index (κ1) is 15.8. The van der Waals surface area contributed by atoms with Crippen LogP contribution in [0.25, 0.3) is 0 Å². The van der Waals surface area contributed by atoms with Gasteiger partial charge in [-0.1, -0.05) is 12.1 Å². The van der Waals surface area contributed by atoms with E-state index in [0.717, 1.165) is 26.2 Å². The van der Waals surface area contributed by atoms with Crippen molar-refractivity contribution in [3.63, 3.8) is 0 Å². The summed E-state index contributed by atoms with van der Waals surface area (Å²) >= 11 is 0. The zero-order valence-electron chi connectivity index (χ0n) is 13.1. The highest BCUT2D eigenvalue weighted by Crippen LogP contribution is 2.23. The van der Waals surface area contributed by atoms with E-state index in [-0.39, 0.29) is 5.91 Å². The minimum absolute atomic E-state index is 0.0700. The van der Waals surface area contributed by atoms with E-state index in [1.54, 1.807) is 0 Å². The Morgan fingerprint density at radius 2 is 1.95 bits per heavy atom. The Morgan fingerprint density at radius 3 is 2.62 bits per heavy atom. The van der Waals surface area contributed by atoms with Gasteiger partial charge in [-0.15, -0.1) is 0 Å². The van der Waals surface area contributed by atoms with Gasteiger partial charge in [0, 0.05) is 45.0 Å². The van der Waals surface area contributed by atoms with E-state index in [4.69, 9.17) is 5.73 Å². The molecule has 0 aliphatic carbocycles. The van der Waals surface area contributed by atoms with Gasteiger partial charge < -0.3 is 16.0 Å². The van der Waals surface area contributed by atoms with E-state index >= 15 is 0 Å². The molecular weight excluding hydrogens is 264 g/mol. The van der Waals surface area contributed by atoms with E-state index in [1.807, 2.05) is 0 Å². The van der Waals surface area contributed by atoms with Crippen molar-refractivity contribution in [3.05, 3.63) is 29.3 Å². The molecule has 0 aromatic heterocycles. The van der Waals surface area contributed by atoms with Gasteiger partial charge in [-0.2, -0.15) is 0 Å². The summed E-state index contributed by atoms with van der Waals surface area (Å²) in [6.45, 7) is 9.62. The van der Waals surface area contributed by atoms with Crippen molar-refractivity contribution in [2.75, 3.05) is 50.7 Å². The first-order valence-electron chi connectivity index (χ1n) is 7.62. The van der Waals surface area contributed by atoms with Gasteiger partial charge in [-0.25, -0.2) is 0 Å². The number of hydrogen-bond acceptors (Lipinski definition) is 4. The lowest BCUT2D eigenvalue weighted by molar-refractivity contribution is -0.122. The Morgan fingerprint density at radius 1 is 1.24 bits per heavy atom. The quantitative estimate of drug-likeness (QED) is 0.829. The number of aryl methyl sites for hydroxylation is 1. The molecule has 116 valence electrons. The number of hydrogen-bond donors (Lipinski definition) is 2. The molecule has 1 aromatic rings. The van der Waals surface area contributed by atoms with Crippen LogP contribution in [0.5, 0.6) is 0 Å². The van der Waals surface area contributed by atoms with Gasteiger partial charge in [0.1, 0.15) is 0 Å². The van der Waals surface area contributed by atoms with Gasteiger partial charge in [-0.3, -0.25) is 9.69 Å². The molecule has 0 radical (unpaired) electrons. The largest absolute Gasteiger partial charge is 0.369 e. The number of carbonyl (C=O) groups excluding carboxylic acids is 1. The maximum atomic E-state index is 11.7. The lowest BCUT2D eigenvalue weighted by atomic mass is 10.1. The second-order valence-electron chi connectivity index (χ2n) is 5.62.